The molecule has 0 amide bonds. The minimum absolute atomic E-state index is 0.328. The van der Waals surface area contributed by atoms with Crippen molar-refractivity contribution in [2.24, 2.45) is 0 Å². The number of hydrogen-bond acceptors (Lipinski definition) is 4. The molecule has 2 rings (SSSR count). The van der Waals surface area contributed by atoms with E-state index in [1.807, 2.05) is 16.8 Å². The fourth-order valence-corrected chi connectivity index (χ4v) is 2.21. The third-order valence-electron chi connectivity index (χ3n) is 2.45. The topological polar surface area (TPSA) is 38.3 Å². The summed E-state index contributed by atoms with van der Waals surface area (Å²) in [6.45, 7) is 0.539. The Morgan fingerprint density at radius 3 is 2.94 bits per heavy atom. The highest BCUT2D eigenvalue weighted by atomic mass is 32.1. The van der Waals surface area contributed by atoms with Crippen LogP contribution in [0.3, 0.4) is 0 Å². The van der Waals surface area contributed by atoms with Crippen LogP contribution in [0.25, 0.3) is 0 Å². The molecule has 5 heteroatoms. The molecule has 0 aliphatic rings. The smallest absolute Gasteiger partial charge is 0.339 e. The van der Waals surface area contributed by atoms with Gasteiger partial charge in [-0.15, -0.1) is 0 Å². The molecular formula is C13H12FNO2S. The summed E-state index contributed by atoms with van der Waals surface area (Å²) in [5, 5.41) is 6.99. The third-order valence-corrected chi connectivity index (χ3v) is 3.18. The molecule has 94 valence electrons. The number of ether oxygens (including phenoxy) is 1. The van der Waals surface area contributed by atoms with Crippen LogP contribution in [-0.2, 0) is 11.3 Å². The first-order valence-electron chi connectivity index (χ1n) is 5.33. The van der Waals surface area contributed by atoms with Crippen molar-refractivity contribution in [1.82, 2.24) is 0 Å². The van der Waals surface area contributed by atoms with Crippen molar-refractivity contribution in [1.29, 1.82) is 0 Å². The van der Waals surface area contributed by atoms with Gasteiger partial charge in [0, 0.05) is 6.54 Å². The summed E-state index contributed by atoms with van der Waals surface area (Å²) in [7, 11) is 1.30. The lowest BCUT2D eigenvalue weighted by Gasteiger charge is -2.10. The molecule has 2 aromatic rings. The van der Waals surface area contributed by atoms with Crippen LogP contribution >= 0.6 is 11.3 Å². The molecule has 0 aliphatic carbocycles. The van der Waals surface area contributed by atoms with Crippen molar-refractivity contribution in [2.45, 2.75) is 6.54 Å². The molecular weight excluding hydrogens is 253 g/mol. The van der Waals surface area contributed by atoms with Crippen LogP contribution in [0.5, 0.6) is 0 Å². The Morgan fingerprint density at radius 2 is 2.28 bits per heavy atom. The van der Waals surface area contributed by atoms with E-state index < -0.39 is 11.8 Å². The number of rotatable bonds is 4. The molecule has 3 nitrogen and oxygen atoms in total. The maximum atomic E-state index is 13.2. The zero-order chi connectivity index (χ0) is 13.0. The summed E-state index contributed by atoms with van der Waals surface area (Å²) in [6.07, 6.45) is 0. The van der Waals surface area contributed by atoms with Gasteiger partial charge in [-0.05, 0) is 40.6 Å². The van der Waals surface area contributed by atoms with Gasteiger partial charge in [0.05, 0.1) is 18.4 Å². The average Bonchev–Trinajstić information content (AvgIpc) is 2.88. The Labute approximate surface area is 108 Å². The number of methoxy groups -OCH3 is 1. The highest BCUT2D eigenvalue weighted by Gasteiger charge is 2.12. The largest absolute Gasteiger partial charge is 0.465 e. The fourth-order valence-electron chi connectivity index (χ4n) is 1.54. The van der Waals surface area contributed by atoms with Crippen molar-refractivity contribution in [3.05, 3.63) is 52.0 Å². The lowest BCUT2D eigenvalue weighted by molar-refractivity contribution is 0.0602. The number of carbonyl (C=O) groups is 1. The summed E-state index contributed by atoms with van der Waals surface area (Å²) < 4.78 is 17.8. The van der Waals surface area contributed by atoms with E-state index in [1.54, 1.807) is 11.3 Å². The van der Waals surface area contributed by atoms with Gasteiger partial charge in [0.1, 0.15) is 5.82 Å². The molecule has 0 bridgehead atoms. The fraction of sp³-hybridized carbons (Fsp3) is 0.154. The Kier molecular flexibility index (Phi) is 3.94. The van der Waals surface area contributed by atoms with Gasteiger partial charge in [0.25, 0.3) is 0 Å². The number of anilines is 1. The lowest BCUT2D eigenvalue weighted by atomic mass is 10.1. The first-order valence-corrected chi connectivity index (χ1v) is 6.28. The van der Waals surface area contributed by atoms with Crippen molar-refractivity contribution < 1.29 is 13.9 Å². The monoisotopic (exact) mass is 265 g/mol. The van der Waals surface area contributed by atoms with E-state index >= 15 is 0 Å². The Bertz CT molecular complexity index is 540. The van der Waals surface area contributed by atoms with E-state index in [0.29, 0.717) is 17.8 Å². The Hall–Kier alpha value is -1.88. The van der Waals surface area contributed by atoms with Crippen LogP contribution in [0.1, 0.15) is 15.9 Å². The molecule has 0 saturated heterocycles. The maximum Gasteiger partial charge on any atom is 0.339 e. The van der Waals surface area contributed by atoms with Crippen molar-refractivity contribution in [3.63, 3.8) is 0 Å². The van der Waals surface area contributed by atoms with E-state index in [4.69, 9.17) is 0 Å². The zero-order valence-electron chi connectivity index (χ0n) is 9.77. The molecule has 0 fully saturated rings. The number of esters is 1. The minimum Gasteiger partial charge on any atom is -0.465 e. The highest BCUT2D eigenvalue weighted by molar-refractivity contribution is 7.07. The second-order valence-electron chi connectivity index (χ2n) is 3.67. The van der Waals surface area contributed by atoms with Crippen LogP contribution in [0.2, 0.25) is 0 Å². The van der Waals surface area contributed by atoms with Gasteiger partial charge < -0.3 is 10.1 Å². The normalized spacial score (nSPS) is 10.1. The number of hydrogen-bond donors (Lipinski definition) is 1. The molecule has 0 saturated carbocycles. The predicted molar refractivity (Wildman–Crippen MR) is 69.4 cm³/mol. The highest BCUT2D eigenvalue weighted by Crippen LogP contribution is 2.19. The second kappa shape index (κ2) is 5.64. The average molecular weight is 265 g/mol. The van der Waals surface area contributed by atoms with Crippen molar-refractivity contribution >= 4 is 23.0 Å². The number of benzene rings is 1. The SMILES string of the molecule is COC(=O)c1ccc(F)cc1NCc1ccsc1. The molecule has 18 heavy (non-hydrogen) atoms. The van der Waals surface area contributed by atoms with Crippen LogP contribution in [0.4, 0.5) is 10.1 Å². The maximum absolute atomic E-state index is 13.2. The van der Waals surface area contributed by atoms with Crippen molar-refractivity contribution in [2.75, 3.05) is 12.4 Å². The van der Waals surface area contributed by atoms with E-state index in [2.05, 4.69) is 10.1 Å². The first-order chi connectivity index (χ1) is 8.70. The number of thiophene rings is 1. The van der Waals surface area contributed by atoms with Crippen LogP contribution in [-0.4, -0.2) is 13.1 Å². The van der Waals surface area contributed by atoms with Gasteiger partial charge in [-0.1, -0.05) is 0 Å². The molecule has 0 unspecified atom stereocenters. The summed E-state index contributed by atoms with van der Waals surface area (Å²) in [5.74, 6) is -0.877. The zero-order valence-corrected chi connectivity index (χ0v) is 10.6. The van der Waals surface area contributed by atoms with Gasteiger partial charge >= 0.3 is 5.97 Å². The molecule has 0 spiro atoms. The number of halogens is 1. The summed E-state index contributed by atoms with van der Waals surface area (Å²) in [5.41, 5.74) is 1.85. The number of carbonyl (C=O) groups excluding carboxylic acids is 1. The number of nitrogens with one attached hydrogen (secondary N) is 1. The van der Waals surface area contributed by atoms with E-state index in [1.165, 1.54) is 25.3 Å². The van der Waals surface area contributed by atoms with Crippen LogP contribution < -0.4 is 5.32 Å². The summed E-state index contributed by atoms with van der Waals surface area (Å²) in [4.78, 5) is 11.5. The van der Waals surface area contributed by atoms with Crippen LogP contribution in [0.15, 0.2) is 35.0 Å². The lowest BCUT2D eigenvalue weighted by Crippen LogP contribution is -2.08. The molecule has 0 atom stereocenters. The van der Waals surface area contributed by atoms with E-state index in [-0.39, 0.29) is 0 Å². The van der Waals surface area contributed by atoms with Gasteiger partial charge in [-0.25, -0.2) is 9.18 Å². The van der Waals surface area contributed by atoms with E-state index in [9.17, 15) is 9.18 Å². The molecule has 0 aliphatic heterocycles. The first kappa shape index (κ1) is 12.6. The van der Waals surface area contributed by atoms with Gasteiger partial charge in [-0.3, -0.25) is 0 Å². The summed E-state index contributed by atoms with van der Waals surface area (Å²) >= 11 is 1.59. The van der Waals surface area contributed by atoms with Gasteiger partial charge in [0.15, 0.2) is 0 Å². The standard InChI is InChI=1S/C13H12FNO2S/c1-17-13(16)11-3-2-10(14)6-12(11)15-7-9-4-5-18-8-9/h2-6,8,15H,7H2,1H3. The molecule has 1 aromatic carbocycles. The summed E-state index contributed by atoms with van der Waals surface area (Å²) in [6, 6.07) is 5.91. The van der Waals surface area contributed by atoms with Gasteiger partial charge in [-0.2, -0.15) is 11.3 Å². The van der Waals surface area contributed by atoms with Crippen molar-refractivity contribution in [3.8, 4) is 0 Å². The Morgan fingerprint density at radius 1 is 1.44 bits per heavy atom. The quantitative estimate of drug-likeness (QED) is 0.862. The van der Waals surface area contributed by atoms with E-state index in [0.717, 1.165) is 5.56 Å². The Balaban J connectivity index is 2.19. The molecule has 1 aromatic heterocycles. The molecule has 1 N–H and O–H groups in total. The van der Waals surface area contributed by atoms with Crippen LogP contribution in [0, 0.1) is 5.82 Å². The molecule has 0 radical (unpaired) electrons. The third kappa shape index (κ3) is 2.87. The second-order valence-corrected chi connectivity index (χ2v) is 4.45. The van der Waals surface area contributed by atoms with Gasteiger partial charge in [0.2, 0.25) is 0 Å². The predicted octanol–water partition coefficient (Wildman–Crippen LogP) is 3.29. The molecule has 1 heterocycles. The minimum atomic E-state index is -0.484.